The first-order valence-corrected chi connectivity index (χ1v) is 10.8. The second kappa shape index (κ2) is 10.6. The fourth-order valence-corrected chi connectivity index (χ4v) is 3.47. The van der Waals surface area contributed by atoms with Gasteiger partial charge in [-0.25, -0.2) is 15.0 Å². The Balaban J connectivity index is 1.38. The molecule has 0 aliphatic carbocycles. The highest BCUT2D eigenvalue weighted by Crippen LogP contribution is 2.22. The molecule has 1 aliphatic heterocycles. The Morgan fingerprint density at radius 3 is 2.73 bits per heavy atom. The number of imidazole rings is 1. The van der Waals surface area contributed by atoms with E-state index in [1.54, 1.807) is 6.08 Å². The lowest BCUT2D eigenvalue weighted by Gasteiger charge is -2.34. The van der Waals surface area contributed by atoms with E-state index in [1.807, 2.05) is 60.3 Å². The molecule has 1 fully saturated rings. The van der Waals surface area contributed by atoms with Gasteiger partial charge < -0.3 is 24.4 Å². The minimum atomic E-state index is 0.0411. The number of nitrogens with one attached hydrogen (secondary N) is 1. The predicted octanol–water partition coefficient (Wildman–Crippen LogP) is 1.55. The average molecular weight is 446 g/mol. The van der Waals surface area contributed by atoms with Gasteiger partial charge in [-0.2, -0.15) is 0 Å². The van der Waals surface area contributed by atoms with Crippen LogP contribution in [-0.4, -0.2) is 89.1 Å². The topological polar surface area (TPSA) is 90.5 Å². The number of likely N-dealkylation sites (N-methyl/N-ethyl adjacent to an activating group) is 1. The Kier molecular flexibility index (Phi) is 7.17. The highest BCUT2D eigenvalue weighted by atomic mass is 16.5. The third-order valence-corrected chi connectivity index (χ3v) is 5.15. The van der Waals surface area contributed by atoms with E-state index in [0.29, 0.717) is 43.2 Å². The van der Waals surface area contributed by atoms with Gasteiger partial charge in [0.25, 0.3) is 0 Å². The number of aromatic amines is 1. The second-order valence-electron chi connectivity index (χ2n) is 7.86. The molecular weight excluding hydrogens is 418 g/mol. The number of nitrogens with zero attached hydrogens (tertiary/aromatic N) is 6. The molecule has 0 spiro atoms. The Hall–Kier alpha value is -3.90. The molecule has 3 aromatic rings. The van der Waals surface area contributed by atoms with Gasteiger partial charge in [0.1, 0.15) is 18.7 Å². The first-order chi connectivity index (χ1) is 16.1. The first kappa shape index (κ1) is 22.3. The maximum Gasteiger partial charge on any atom is 0.246 e. The van der Waals surface area contributed by atoms with Crippen molar-refractivity contribution >= 4 is 22.9 Å². The minimum Gasteiger partial charge on any atom is -0.481 e. The number of aromatic nitrogens is 4. The largest absolute Gasteiger partial charge is 0.481 e. The van der Waals surface area contributed by atoms with Gasteiger partial charge in [0, 0.05) is 38.8 Å². The molecule has 0 radical (unpaired) electrons. The Morgan fingerprint density at radius 2 is 1.97 bits per heavy atom. The summed E-state index contributed by atoms with van der Waals surface area (Å²) in [5, 5.41) is 0. The maximum absolute atomic E-state index is 12.4. The number of carbonyl (C=O) groups is 1. The molecule has 170 valence electrons. The van der Waals surface area contributed by atoms with Crippen molar-refractivity contribution < 1.29 is 9.53 Å². The normalized spacial score (nSPS) is 14.0. The molecule has 9 nitrogen and oxygen atoms in total. The minimum absolute atomic E-state index is 0.0411. The predicted molar refractivity (Wildman–Crippen MR) is 127 cm³/mol. The summed E-state index contributed by atoms with van der Waals surface area (Å²) in [5.74, 6) is 8.04. The second-order valence-corrected chi connectivity index (χ2v) is 7.86. The summed E-state index contributed by atoms with van der Waals surface area (Å²) in [7, 11) is 3.95. The zero-order valence-electron chi connectivity index (χ0n) is 18.9. The third-order valence-electron chi connectivity index (χ3n) is 5.15. The van der Waals surface area contributed by atoms with E-state index in [-0.39, 0.29) is 12.5 Å². The van der Waals surface area contributed by atoms with Crippen molar-refractivity contribution in [1.29, 1.82) is 0 Å². The monoisotopic (exact) mass is 445 g/mol. The number of carbonyl (C=O) groups excluding carboxylic acids is 1. The van der Waals surface area contributed by atoms with E-state index in [2.05, 4.69) is 36.7 Å². The molecule has 2 aromatic heterocycles. The highest BCUT2D eigenvalue weighted by Gasteiger charge is 2.23. The zero-order valence-corrected chi connectivity index (χ0v) is 18.9. The quantitative estimate of drug-likeness (QED) is 0.455. The molecule has 0 unspecified atom stereocenters. The van der Waals surface area contributed by atoms with Gasteiger partial charge in [-0.05, 0) is 32.1 Å². The molecule has 33 heavy (non-hydrogen) atoms. The number of hydrogen-bond acceptors (Lipinski definition) is 7. The molecule has 1 N–H and O–H groups in total. The Labute approximate surface area is 193 Å². The summed E-state index contributed by atoms with van der Waals surface area (Å²) in [6.45, 7) is 3.62. The number of para-hydroxylation sites is 1. The number of anilines is 1. The van der Waals surface area contributed by atoms with Crippen LogP contribution < -0.4 is 9.64 Å². The van der Waals surface area contributed by atoms with E-state index in [9.17, 15) is 4.79 Å². The maximum atomic E-state index is 12.4. The van der Waals surface area contributed by atoms with Gasteiger partial charge in [-0.1, -0.05) is 30.2 Å². The Bertz CT molecular complexity index is 1170. The lowest BCUT2D eigenvalue weighted by molar-refractivity contribution is -0.126. The van der Waals surface area contributed by atoms with Crippen molar-refractivity contribution in [3.8, 4) is 17.6 Å². The van der Waals surface area contributed by atoms with Crippen molar-refractivity contribution in [3.63, 3.8) is 0 Å². The van der Waals surface area contributed by atoms with Gasteiger partial charge in [0.2, 0.25) is 5.91 Å². The number of piperazine rings is 1. The zero-order chi connectivity index (χ0) is 23.0. The van der Waals surface area contributed by atoms with Crippen molar-refractivity contribution in [1.82, 2.24) is 29.7 Å². The van der Waals surface area contributed by atoms with Gasteiger partial charge in [-0.15, -0.1) is 0 Å². The summed E-state index contributed by atoms with van der Waals surface area (Å²) >= 11 is 0. The summed E-state index contributed by atoms with van der Waals surface area (Å²) < 4.78 is 5.60. The van der Waals surface area contributed by atoms with Crippen LogP contribution in [0.5, 0.6) is 5.75 Å². The number of rotatable bonds is 6. The number of ether oxygens (including phenoxy) is 1. The molecule has 0 saturated carbocycles. The van der Waals surface area contributed by atoms with Crippen LogP contribution in [0.1, 0.15) is 5.82 Å². The van der Waals surface area contributed by atoms with Crippen molar-refractivity contribution in [3.05, 3.63) is 54.6 Å². The average Bonchev–Trinajstić information content (AvgIpc) is 3.25. The van der Waals surface area contributed by atoms with Crippen molar-refractivity contribution in [2.24, 2.45) is 0 Å². The summed E-state index contributed by atoms with van der Waals surface area (Å²) in [6, 6.07) is 9.54. The van der Waals surface area contributed by atoms with Crippen LogP contribution in [0.2, 0.25) is 0 Å². The fourth-order valence-electron chi connectivity index (χ4n) is 3.47. The van der Waals surface area contributed by atoms with Gasteiger partial charge in [-0.3, -0.25) is 4.79 Å². The molecule has 1 amide bonds. The van der Waals surface area contributed by atoms with Crippen LogP contribution in [0, 0.1) is 11.8 Å². The first-order valence-electron chi connectivity index (χ1n) is 10.8. The number of amides is 1. The third kappa shape index (κ3) is 5.87. The molecule has 9 heteroatoms. The van der Waals surface area contributed by atoms with Crippen LogP contribution in [-0.2, 0) is 4.79 Å². The van der Waals surface area contributed by atoms with Crippen LogP contribution in [0.4, 0.5) is 5.82 Å². The SMILES string of the molecule is CN(C)C/C=C/C(=O)N1CCN(c2ncnc3[nH]c(C#CCOc4ccccc4)nc23)CC1. The van der Waals surface area contributed by atoms with Gasteiger partial charge in [0.15, 0.2) is 22.8 Å². The summed E-state index contributed by atoms with van der Waals surface area (Å²) in [4.78, 5) is 34.9. The molecule has 1 aromatic carbocycles. The van der Waals surface area contributed by atoms with Crippen molar-refractivity contribution in [2.75, 3.05) is 58.3 Å². The summed E-state index contributed by atoms with van der Waals surface area (Å²) in [5.41, 5.74) is 1.31. The van der Waals surface area contributed by atoms with Gasteiger partial charge in [0.05, 0.1) is 0 Å². The Morgan fingerprint density at radius 1 is 1.18 bits per heavy atom. The summed E-state index contributed by atoms with van der Waals surface area (Å²) in [6.07, 6.45) is 5.06. The van der Waals surface area contributed by atoms with E-state index in [4.69, 9.17) is 4.74 Å². The van der Waals surface area contributed by atoms with E-state index < -0.39 is 0 Å². The lowest BCUT2D eigenvalue weighted by atomic mass is 10.3. The molecule has 3 heterocycles. The van der Waals surface area contributed by atoms with Gasteiger partial charge >= 0.3 is 0 Å². The van der Waals surface area contributed by atoms with E-state index >= 15 is 0 Å². The number of hydrogen-bond donors (Lipinski definition) is 1. The highest BCUT2D eigenvalue weighted by molar-refractivity contribution is 5.88. The van der Waals surface area contributed by atoms with E-state index in [1.165, 1.54) is 6.33 Å². The standard InChI is InChI=1S/C24H27N7O2/c1-29(2)12-6-11-21(32)30-13-15-31(16-14-30)24-22-23(25-18-26-24)28-20(27-22)10-7-17-33-19-8-4-3-5-9-19/h3-6,8-9,11,18H,12-17H2,1-2H3,(H,25,26,27,28)/b11-6+. The van der Waals surface area contributed by atoms with Crippen LogP contribution >= 0.6 is 0 Å². The van der Waals surface area contributed by atoms with Crippen LogP contribution in [0.15, 0.2) is 48.8 Å². The van der Waals surface area contributed by atoms with Crippen LogP contribution in [0.25, 0.3) is 11.2 Å². The molecule has 1 aliphatic rings. The smallest absolute Gasteiger partial charge is 0.246 e. The fraction of sp³-hybridized carbons (Fsp3) is 0.333. The molecule has 1 saturated heterocycles. The number of H-pyrrole nitrogens is 1. The van der Waals surface area contributed by atoms with Crippen LogP contribution in [0.3, 0.4) is 0 Å². The number of fused-ring (bicyclic) bond motifs is 1. The van der Waals surface area contributed by atoms with E-state index in [0.717, 1.165) is 18.1 Å². The molecule has 0 atom stereocenters. The molecule has 0 bridgehead atoms. The van der Waals surface area contributed by atoms with Crippen molar-refractivity contribution in [2.45, 2.75) is 0 Å². The number of benzene rings is 1. The molecular formula is C24H27N7O2. The molecule has 4 rings (SSSR count). The lowest BCUT2D eigenvalue weighted by Crippen LogP contribution is -2.48.